The van der Waals surface area contributed by atoms with Crippen LogP contribution in [0, 0.1) is 0 Å². The van der Waals surface area contributed by atoms with Crippen LogP contribution in [0.15, 0.2) is 10.7 Å². The Morgan fingerprint density at radius 1 is 1.59 bits per heavy atom. The highest BCUT2D eigenvalue weighted by molar-refractivity contribution is 9.10. The number of rotatable bonds is 7. The van der Waals surface area contributed by atoms with Gasteiger partial charge in [-0.05, 0) is 36.4 Å². The van der Waals surface area contributed by atoms with Crippen LogP contribution in [0.3, 0.4) is 0 Å². The minimum atomic E-state index is 0.152. The second-order valence-electron chi connectivity index (χ2n) is 4.41. The number of halogens is 1. The topological polar surface area (TPSA) is 59.1 Å². The van der Waals surface area contributed by atoms with Crippen molar-refractivity contribution in [1.29, 1.82) is 0 Å². The summed E-state index contributed by atoms with van der Waals surface area (Å²) < 4.78 is 3.04. The number of nitrogens with zero attached hydrogens (tertiary/aromatic N) is 3. The summed E-state index contributed by atoms with van der Waals surface area (Å²) >= 11 is 3.54. The van der Waals surface area contributed by atoms with Crippen LogP contribution in [0.4, 0.5) is 0 Å². The van der Waals surface area contributed by atoms with E-state index in [4.69, 9.17) is 5.84 Å². The lowest BCUT2D eigenvalue weighted by Gasteiger charge is -2.19. The molecule has 0 aromatic carbocycles. The summed E-state index contributed by atoms with van der Waals surface area (Å²) in [5.74, 6) is 5.62. The van der Waals surface area contributed by atoms with Gasteiger partial charge in [0.2, 0.25) is 0 Å². The molecule has 0 saturated heterocycles. The van der Waals surface area contributed by atoms with E-state index in [0.717, 1.165) is 36.1 Å². The van der Waals surface area contributed by atoms with E-state index >= 15 is 0 Å². The fourth-order valence-corrected chi connectivity index (χ4v) is 2.35. The van der Waals surface area contributed by atoms with E-state index in [9.17, 15) is 0 Å². The van der Waals surface area contributed by atoms with Gasteiger partial charge in [0.1, 0.15) is 0 Å². The lowest BCUT2D eigenvalue weighted by atomic mass is 10.1. The third kappa shape index (κ3) is 4.06. The Morgan fingerprint density at radius 2 is 2.29 bits per heavy atom. The van der Waals surface area contributed by atoms with Crippen LogP contribution in [0.2, 0.25) is 0 Å². The van der Waals surface area contributed by atoms with Gasteiger partial charge >= 0.3 is 0 Å². The predicted molar refractivity (Wildman–Crippen MR) is 73.5 cm³/mol. The van der Waals surface area contributed by atoms with Gasteiger partial charge < -0.3 is 4.90 Å². The molecule has 1 aromatic heterocycles. The molecule has 0 amide bonds. The molecule has 6 heteroatoms. The molecule has 1 heterocycles. The molecular weight excluding hydrogens is 282 g/mol. The molecule has 0 radical (unpaired) electrons. The van der Waals surface area contributed by atoms with E-state index in [2.05, 4.69) is 52.4 Å². The standard InChI is InChI=1S/C11H22BrN5/c1-4-5-10(15-13)11-9(12)8-14-17(11)7-6-16(2)3/h8,10,15H,4-7,13H2,1-3H3. The maximum atomic E-state index is 5.62. The average Bonchev–Trinajstić information content (AvgIpc) is 2.65. The van der Waals surface area contributed by atoms with Crippen LogP contribution in [-0.4, -0.2) is 35.3 Å². The van der Waals surface area contributed by atoms with Crippen molar-refractivity contribution < 1.29 is 0 Å². The molecule has 0 spiro atoms. The number of aromatic nitrogens is 2. The molecule has 17 heavy (non-hydrogen) atoms. The first kappa shape index (κ1) is 14.6. The highest BCUT2D eigenvalue weighted by Crippen LogP contribution is 2.25. The average molecular weight is 304 g/mol. The monoisotopic (exact) mass is 303 g/mol. The Morgan fingerprint density at radius 3 is 2.82 bits per heavy atom. The lowest BCUT2D eigenvalue weighted by Crippen LogP contribution is -2.31. The van der Waals surface area contributed by atoms with Crippen LogP contribution in [-0.2, 0) is 6.54 Å². The minimum Gasteiger partial charge on any atom is -0.308 e. The summed E-state index contributed by atoms with van der Waals surface area (Å²) in [5.41, 5.74) is 4.01. The number of nitrogens with one attached hydrogen (secondary N) is 1. The van der Waals surface area contributed by atoms with Crippen molar-refractivity contribution in [2.45, 2.75) is 32.4 Å². The summed E-state index contributed by atoms with van der Waals surface area (Å²) in [5, 5.41) is 4.39. The summed E-state index contributed by atoms with van der Waals surface area (Å²) in [7, 11) is 4.12. The first-order chi connectivity index (χ1) is 8.10. The van der Waals surface area contributed by atoms with E-state index in [1.54, 1.807) is 0 Å². The molecule has 0 aliphatic carbocycles. The van der Waals surface area contributed by atoms with Crippen LogP contribution in [0.1, 0.15) is 31.5 Å². The predicted octanol–water partition coefficient (Wildman–Crippen LogP) is 1.51. The Hall–Kier alpha value is -0.430. The zero-order valence-corrected chi connectivity index (χ0v) is 12.4. The summed E-state index contributed by atoms with van der Waals surface area (Å²) in [4.78, 5) is 2.14. The van der Waals surface area contributed by atoms with Crippen molar-refractivity contribution in [2.24, 2.45) is 5.84 Å². The summed E-state index contributed by atoms with van der Waals surface area (Å²) in [6.07, 6.45) is 3.92. The molecule has 0 aliphatic rings. The minimum absolute atomic E-state index is 0.152. The Kier molecular flexibility index (Phi) is 6.11. The van der Waals surface area contributed by atoms with Crippen molar-refractivity contribution in [2.75, 3.05) is 20.6 Å². The van der Waals surface area contributed by atoms with Crippen molar-refractivity contribution >= 4 is 15.9 Å². The zero-order chi connectivity index (χ0) is 12.8. The number of hydrogen-bond donors (Lipinski definition) is 2. The molecule has 98 valence electrons. The first-order valence-electron chi connectivity index (χ1n) is 5.92. The van der Waals surface area contributed by atoms with E-state index in [-0.39, 0.29) is 6.04 Å². The van der Waals surface area contributed by atoms with Crippen molar-refractivity contribution in [3.05, 3.63) is 16.4 Å². The van der Waals surface area contributed by atoms with E-state index in [1.807, 2.05) is 10.9 Å². The zero-order valence-electron chi connectivity index (χ0n) is 10.8. The third-order valence-electron chi connectivity index (χ3n) is 2.70. The van der Waals surface area contributed by atoms with Crippen molar-refractivity contribution in [3.63, 3.8) is 0 Å². The van der Waals surface area contributed by atoms with Gasteiger partial charge in [0.25, 0.3) is 0 Å². The molecule has 0 fully saturated rings. The van der Waals surface area contributed by atoms with Crippen molar-refractivity contribution in [1.82, 2.24) is 20.1 Å². The highest BCUT2D eigenvalue weighted by Gasteiger charge is 2.18. The van der Waals surface area contributed by atoms with E-state index in [0.29, 0.717) is 0 Å². The molecular formula is C11H22BrN5. The molecule has 0 bridgehead atoms. The Balaban J connectivity index is 2.84. The second kappa shape index (κ2) is 7.10. The highest BCUT2D eigenvalue weighted by atomic mass is 79.9. The quantitative estimate of drug-likeness (QED) is 0.592. The van der Waals surface area contributed by atoms with E-state index < -0.39 is 0 Å². The molecule has 1 aromatic rings. The van der Waals surface area contributed by atoms with Gasteiger partial charge in [0.15, 0.2) is 0 Å². The van der Waals surface area contributed by atoms with Gasteiger partial charge in [0.05, 0.1) is 29.0 Å². The fourth-order valence-electron chi connectivity index (χ4n) is 1.78. The number of hydrazine groups is 1. The summed E-state index contributed by atoms with van der Waals surface area (Å²) in [6.45, 7) is 3.99. The molecule has 1 atom stereocenters. The fraction of sp³-hybridized carbons (Fsp3) is 0.727. The maximum absolute atomic E-state index is 5.62. The second-order valence-corrected chi connectivity index (χ2v) is 5.27. The number of nitrogens with two attached hydrogens (primary N) is 1. The van der Waals surface area contributed by atoms with Crippen molar-refractivity contribution in [3.8, 4) is 0 Å². The van der Waals surface area contributed by atoms with Gasteiger partial charge in [-0.15, -0.1) is 0 Å². The van der Waals surface area contributed by atoms with Crippen LogP contribution in [0.5, 0.6) is 0 Å². The molecule has 1 unspecified atom stereocenters. The molecule has 3 N–H and O–H groups in total. The van der Waals surface area contributed by atoms with Gasteiger partial charge in [0, 0.05) is 6.54 Å². The number of likely N-dealkylation sites (N-methyl/N-ethyl adjacent to an activating group) is 1. The normalized spacial score (nSPS) is 13.3. The molecule has 0 aliphatic heterocycles. The van der Waals surface area contributed by atoms with E-state index in [1.165, 1.54) is 0 Å². The largest absolute Gasteiger partial charge is 0.308 e. The SMILES string of the molecule is CCCC(NN)c1c(Br)cnn1CCN(C)C. The first-order valence-corrected chi connectivity index (χ1v) is 6.71. The summed E-state index contributed by atoms with van der Waals surface area (Å²) in [6, 6.07) is 0.152. The smallest absolute Gasteiger partial charge is 0.0709 e. The van der Waals surface area contributed by atoms with Crippen LogP contribution in [0.25, 0.3) is 0 Å². The molecule has 1 rings (SSSR count). The molecule has 0 saturated carbocycles. The van der Waals surface area contributed by atoms with Crippen LogP contribution < -0.4 is 11.3 Å². The number of hydrogen-bond acceptors (Lipinski definition) is 4. The third-order valence-corrected chi connectivity index (χ3v) is 3.31. The Labute approximate surface area is 111 Å². The maximum Gasteiger partial charge on any atom is 0.0709 e. The van der Waals surface area contributed by atoms with Crippen LogP contribution >= 0.6 is 15.9 Å². The Bertz CT molecular complexity index is 337. The van der Waals surface area contributed by atoms with Gasteiger partial charge in [-0.2, -0.15) is 5.10 Å². The van der Waals surface area contributed by atoms with Gasteiger partial charge in [-0.3, -0.25) is 16.0 Å². The molecule has 5 nitrogen and oxygen atoms in total. The lowest BCUT2D eigenvalue weighted by molar-refractivity contribution is 0.359. The van der Waals surface area contributed by atoms with Gasteiger partial charge in [-0.1, -0.05) is 13.3 Å². The van der Waals surface area contributed by atoms with Gasteiger partial charge in [-0.25, -0.2) is 0 Å².